The maximum Gasteiger partial charge on any atom is 0.220 e. The zero-order chi connectivity index (χ0) is 13.3. The molecule has 0 aliphatic carbocycles. The third kappa shape index (κ3) is 2.51. The molecule has 4 N–H and O–H groups in total. The number of carbonyl (C=O) groups excluding carboxylic acids is 1. The predicted molar refractivity (Wildman–Crippen MR) is 70.0 cm³/mol. The van der Waals surface area contributed by atoms with Crippen molar-refractivity contribution in [2.24, 2.45) is 11.7 Å². The molecule has 1 aliphatic heterocycles. The van der Waals surface area contributed by atoms with Gasteiger partial charge >= 0.3 is 0 Å². The van der Waals surface area contributed by atoms with E-state index in [1.165, 1.54) is 12.1 Å². The van der Waals surface area contributed by atoms with Crippen molar-refractivity contribution in [2.75, 3.05) is 23.7 Å². The van der Waals surface area contributed by atoms with Gasteiger partial charge in [-0.2, -0.15) is 0 Å². The van der Waals surface area contributed by atoms with Crippen LogP contribution in [0.15, 0.2) is 12.1 Å². The molecule has 0 radical (unpaired) electrons. The third-order valence-corrected chi connectivity index (χ3v) is 3.60. The standard InChI is InChI=1S/C12H15ClFN3O/c13-8-5-10(15)11(6-9(8)14)17-3-1-7(2-4-17)12(16)18/h5-7H,1-4,15H2,(H2,16,18). The fourth-order valence-corrected chi connectivity index (χ4v) is 2.40. The Morgan fingerprint density at radius 1 is 1.39 bits per heavy atom. The van der Waals surface area contributed by atoms with E-state index in [0.29, 0.717) is 37.3 Å². The van der Waals surface area contributed by atoms with E-state index >= 15 is 0 Å². The van der Waals surface area contributed by atoms with Crippen LogP contribution in [0.5, 0.6) is 0 Å². The van der Waals surface area contributed by atoms with Crippen LogP contribution in [0, 0.1) is 11.7 Å². The van der Waals surface area contributed by atoms with Gasteiger partial charge in [0.15, 0.2) is 0 Å². The lowest BCUT2D eigenvalue weighted by Gasteiger charge is -2.33. The van der Waals surface area contributed by atoms with Crippen molar-refractivity contribution in [3.63, 3.8) is 0 Å². The Morgan fingerprint density at radius 2 is 2.00 bits per heavy atom. The summed E-state index contributed by atoms with van der Waals surface area (Å²) in [6, 6.07) is 2.74. The minimum Gasteiger partial charge on any atom is -0.397 e. The van der Waals surface area contributed by atoms with Gasteiger partial charge in [-0.05, 0) is 18.9 Å². The highest BCUT2D eigenvalue weighted by atomic mass is 35.5. The Hall–Kier alpha value is -1.49. The molecular weight excluding hydrogens is 257 g/mol. The van der Waals surface area contributed by atoms with Gasteiger partial charge in [-0.3, -0.25) is 4.79 Å². The van der Waals surface area contributed by atoms with E-state index in [1.54, 1.807) is 0 Å². The molecule has 0 spiro atoms. The summed E-state index contributed by atoms with van der Waals surface area (Å²) in [5, 5.41) is 0.0169. The highest BCUT2D eigenvalue weighted by Gasteiger charge is 2.24. The first-order valence-electron chi connectivity index (χ1n) is 5.78. The number of hydrogen-bond donors (Lipinski definition) is 2. The number of nitrogen functional groups attached to an aromatic ring is 1. The number of rotatable bonds is 2. The Bertz CT molecular complexity index is 473. The number of nitrogens with zero attached hydrogens (tertiary/aromatic N) is 1. The summed E-state index contributed by atoms with van der Waals surface area (Å²) in [7, 11) is 0. The largest absolute Gasteiger partial charge is 0.397 e. The highest BCUT2D eigenvalue weighted by molar-refractivity contribution is 6.31. The van der Waals surface area contributed by atoms with E-state index in [9.17, 15) is 9.18 Å². The molecule has 1 aromatic rings. The summed E-state index contributed by atoms with van der Waals surface area (Å²) in [4.78, 5) is 13.0. The molecule has 0 saturated carbocycles. The molecule has 1 amide bonds. The fraction of sp³-hybridized carbons (Fsp3) is 0.417. The molecule has 0 unspecified atom stereocenters. The van der Waals surface area contributed by atoms with Gasteiger partial charge in [0.1, 0.15) is 5.82 Å². The van der Waals surface area contributed by atoms with E-state index in [2.05, 4.69) is 0 Å². The predicted octanol–water partition coefficient (Wildman–Crippen LogP) is 1.76. The van der Waals surface area contributed by atoms with Gasteiger partial charge in [0.25, 0.3) is 0 Å². The number of benzene rings is 1. The van der Waals surface area contributed by atoms with Crippen molar-refractivity contribution in [2.45, 2.75) is 12.8 Å². The van der Waals surface area contributed by atoms with E-state index in [4.69, 9.17) is 23.1 Å². The van der Waals surface area contributed by atoms with Crippen LogP contribution in [0.2, 0.25) is 5.02 Å². The molecule has 1 aliphatic rings. The Balaban J connectivity index is 2.15. The van der Waals surface area contributed by atoms with E-state index in [1.807, 2.05) is 4.90 Å². The molecule has 0 atom stereocenters. The van der Waals surface area contributed by atoms with Gasteiger partial charge in [-0.15, -0.1) is 0 Å². The average molecular weight is 272 g/mol. The second kappa shape index (κ2) is 5.02. The maximum absolute atomic E-state index is 13.4. The van der Waals surface area contributed by atoms with Gasteiger partial charge in [0.2, 0.25) is 5.91 Å². The molecule has 2 rings (SSSR count). The lowest BCUT2D eigenvalue weighted by Crippen LogP contribution is -2.38. The van der Waals surface area contributed by atoms with Gasteiger partial charge in [0, 0.05) is 25.1 Å². The van der Waals surface area contributed by atoms with Crippen LogP contribution in [0.25, 0.3) is 0 Å². The van der Waals surface area contributed by atoms with Crippen molar-refractivity contribution in [1.82, 2.24) is 0 Å². The highest BCUT2D eigenvalue weighted by Crippen LogP contribution is 2.31. The number of nitrogens with two attached hydrogens (primary N) is 2. The number of anilines is 2. The molecule has 1 saturated heterocycles. The molecule has 1 fully saturated rings. The van der Waals surface area contributed by atoms with Crippen molar-refractivity contribution < 1.29 is 9.18 Å². The molecule has 6 heteroatoms. The fourth-order valence-electron chi connectivity index (χ4n) is 2.23. The summed E-state index contributed by atoms with van der Waals surface area (Å²) in [6.45, 7) is 1.28. The third-order valence-electron chi connectivity index (χ3n) is 3.31. The summed E-state index contributed by atoms with van der Waals surface area (Å²) in [5.41, 5.74) is 12.2. The van der Waals surface area contributed by atoms with Crippen LogP contribution in [0.4, 0.5) is 15.8 Å². The molecule has 1 aromatic carbocycles. The Labute approximate surface area is 110 Å². The van der Waals surface area contributed by atoms with Crippen molar-refractivity contribution >= 4 is 28.9 Å². The van der Waals surface area contributed by atoms with Crippen molar-refractivity contribution in [3.05, 3.63) is 23.0 Å². The average Bonchev–Trinajstić information content (AvgIpc) is 2.34. The quantitative estimate of drug-likeness (QED) is 0.805. The second-order valence-corrected chi connectivity index (χ2v) is 4.90. The molecule has 1 heterocycles. The summed E-state index contributed by atoms with van der Waals surface area (Å²) >= 11 is 5.65. The number of halogens is 2. The molecule has 18 heavy (non-hydrogen) atoms. The SMILES string of the molecule is NC(=O)C1CCN(c2cc(F)c(Cl)cc2N)CC1. The van der Waals surface area contributed by atoms with Crippen molar-refractivity contribution in [3.8, 4) is 0 Å². The normalized spacial score (nSPS) is 16.9. The van der Waals surface area contributed by atoms with Gasteiger partial charge < -0.3 is 16.4 Å². The summed E-state index contributed by atoms with van der Waals surface area (Å²) in [6.07, 6.45) is 1.33. The number of hydrogen-bond acceptors (Lipinski definition) is 3. The van der Waals surface area contributed by atoms with Crippen LogP contribution < -0.4 is 16.4 Å². The first-order chi connectivity index (χ1) is 8.49. The summed E-state index contributed by atoms with van der Waals surface area (Å²) in [5.74, 6) is -0.859. The molecule has 98 valence electrons. The molecule has 0 bridgehead atoms. The molecule has 4 nitrogen and oxygen atoms in total. The van der Waals surface area contributed by atoms with Crippen LogP contribution in [-0.4, -0.2) is 19.0 Å². The molecular formula is C12H15ClFN3O. The van der Waals surface area contributed by atoms with Crippen LogP contribution in [0.3, 0.4) is 0 Å². The van der Waals surface area contributed by atoms with Crippen LogP contribution in [-0.2, 0) is 4.79 Å². The number of amides is 1. The Morgan fingerprint density at radius 3 is 2.56 bits per heavy atom. The first kappa shape index (κ1) is 13.0. The van der Waals surface area contributed by atoms with Crippen LogP contribution in [0.1, 0.15) is 12.8 Å². The first-order valence-corrected chi connectivity index (χ1v) is 6.15. The van der Waals surface area contributed by atoms with Crippen LogP contribution >= 0.6 is 11.6 Å². The minimum absolute atomic E-state index is 0.0169. The Kier molecular flexibility index (Phi) is 3.61. The maximum atomic E-state index is 13.4. The zero-order valence-electron chi connectivity index (χ0n) is 9.83. The second-order valence-electron chi connectivity index (χ2n) is 4.49. The minimum atomic E-state index is -0.488. The van der Waals surface area contributed by atoms with E-state index in [-0.39, 0.29) is 16.8 Å². The lowest BCUT2D eigenvalue weighted by molar-refractivity contribution is -0.122. The van der Waals surface area contributed by atoms with Crippen molar-refractivity contribution in [1.29, 1.82) is 0 Å². The van der Waals surface area contributed by atoms with Gasteiger partial charge in [-0.25, -0.2) is 4.39 Å². The lowest BCUT2D eigenvalue weighted by atomic mass is 9.96. The van der Waals surface area contributed by atoms with E-state index in [0.717, 1.165) is 0 Å². The smallest absolute Gasteiger partial charge is 0.220 e. The monoisotopic (exact) mass is 271 g/mol. The van der Waals surface area contributed by atoms with E-state index < -0.39 is 5.82 Å². The summed E-state index contributed by atoms with van der Waals surface area (Å²) < 4.78 is 13.4. The number of piperidine rings is 1. The van der Waals surface area contributed by atoms with Gasteiger partial charge in [0.05, 0.1) is 16.4 Å². The molecule has 0 aromatic heterocycles. The number of primary amides is 1. The van der Waals surface area contributed by atoms with Gasteiger partial charge in [-0.1, -0.05) is 11.6 Å². The number of carbonyl (C=O) groups is 1. The topological polar surface area (TPSA) is 72.4 Å². The zero-order valence-corrected chi connectivity index (χ0v) is 10.6.